The fourth-order valence-corrected chi connectivity index (χ4v) is 2.80. The van der Waals surface area contributed by atoms with E-state index >= 15 is 0 Å². The highest BCUT2D eigenvalue weighted by Gasteiger charge is 2.20. The Kier molecular flexibility index (Phi) is 3.88. The van der Waals surface area contributed by atoms with Crippen molar-refractivity contribution in [3.8, 4) is 0 Å². The predicted molar refractivity (Wildman–Crippen MR) is 63.4 cm³/mol. The van der Waals surface area contributed by atoms with Gasteiger partial charge in [-0.25, -0.2) is 0 Å². The molecule has 0 saturated heterocycles. The second kappa shape index (κ2) is 5.39. The Labute approximate surface area is 99.8 Å². The van der Waals surface area contributed by atoms with Gasteiger partial charge in [0, 0.05) is 13.6 Å². The Balaban J connectivity index is 1.87. The molecule has 0 aliphatic heterocycles. The number of carbonyl (C=O) groups is 1. The molecular formula is C11H17N3OS. The molecule has 0 unspecified atom stereocenters. The van der Waals surface area contributed by atoms with Crippen LogP contribution in [0.1, 0.15) is 41.8 Å². The summed E-state index contributed by atoms with van der Waals surface area (Å²) in [5.41, 5.74) is 0. The number of aromatic nitrogens is 2. The van der Waals surface area contributed by atoms with E-state index < -0.39 is 0 Å². The van der Waals surface area contributed by atoms with Gasteiger partial charge in [0.15, 0.2) is 0 Å². The van der Waals surface area contributed by atoms with E-state index in [1.807, 2.05) is 11.9 Å². The molecule has 1 heterocycles. The van der Waals surface area contributed by atoms with Crippen LogP contribution in [0.2, 0.25) is 0 Å². The summed E-state index contributed by atoms with van der Waals surface area (Å²) < 4.78 is 3.72. The summed E-state index contributed by atoms with van der Waals surface area (Å²) in [5.74, 6) is 0.740. The van der Waals surface area contributed by atoms with Crippen LogP contribution in [0.25, 0.3) is 0 Å². The third kappa shape index (κ3) is 2.78. The Hall–Kier alpha value is -0.970. The predicted octanol–water partition coefficient (Wildman–Crippen LogP) is 2.19. The summed E-state index contributed by atoms with van der Waals surface area (Å²) in [6.45, 7) is 0.872. The lowest BCUT2D eigenvalue weighted by atomic mass is 9.89. The van der Waals surface area contributed by atoms with Gasteiger partial charge >= 0.3 is 0 Å². The molecule has 0 spiro atoms. The molecule has 0 radical (unpaired) electrons. The van der Waals surface area contributed by atoms with E-state index in [-0.39, 0.29) is 5.91 Å². The Morgan fingerprint density at radius 3 is 2.88 bits per heavy atom. The van der Waals surface area contributed by atoms with Crippen LogP contribution in [0.4, 0.5) is 0 Å². The van der Waals surface area contributed by atoms with E-state index in [1.54, 1.807) is 6.20 Å². The minimum atomic E-state index is 0.0561. The van der Waals surface area contributed by atoms with E-state index in [0.717, 1.165) is 6.54 Å². The molecule has 2 rings (SSSR count). The van der Waals surface area contributed by atoms with Crippen LogP contribution in [0.5, 0.6) is 0 Å². The lowest BCUT2D eigenvalue weighted by Crippen LogP contribution is -2.32. The third-order valence-corrected chi connectivity index (χ3v) is 3.83. The molecule has 1 saturated carbocycles. The minimum Gasteiger partial charge on any atom is -0.341 e. The van der Waals surface area contributed by atoms with Crippen molar-refractivity contribution < 1.29 is 4.79 Å². The van der Waals surface area contributed by atoms with Crippen molar-refractivity contribution in [2.75, 3.05) is 13.6 Å². The Bertz CT molecular complexity index is 333. The largest absolute Gasteiger partial charge is 0.341 e. The Morgan fingerprint density at radius 2 is 2.25 bits per heavy atom. The molecule has 1 aromatic heterocycles. The van der Waals surface area contributed by atoms with Crippen molar-refractivity contribution in [2.24, 2.45) is 5.92 Å². The molecule has 1 aliphatic carbocycles. The van der Waals surface area contributed by atoms with Crippen molar-refractivity contribution in [1.82, 2.24) is 14.5 Å². The van der Waals surface area contributed by atoms with Gasteiger partial charge in [-0.15, -0.1) is 5.10 Å². The van der Waals surface area contributed by atoms with Crippen molar-refractivity contribution in [3.63, 3.8) is 0 Å². The van der Waals surface area contributed by atoms with E-state index in [2.05, 4.69) is 9.59 Å². The number of carbonyl (C=O) groups excluding carboxylic acids is 1. The van der Waals surface area contributed by atoms with Gasteiger partial charge < -0.3 is 4.90 Å². The van der Waals surface area contributed by atoms with Gasteiger partial charge in [0.25, 0.3) is 5.91 Å². The summed E-state index contributed by atoms with van der Waals surface area (Å²) in [4.78, 5) is 14.4. The van der Waals surface area contributed by atoms with E-state index in [1.165, 1.54) is 43.6 Å². The lowest BCUT2D eigenvalue weighted by molar-refractivity contribution is 0.0765. The van der Waals surface area contributed by atoms with Crippen LogP contribution in [-0.2, 0) is 0 Å². The highest BCUT2D eigenvalue weighted by molar-refractivity contribution is 7.07. The maximum absolute atomic E-state index is 11.9. The molecule has 5 heteroatoms. The third-order valence-electron chi connectivity index (χ3n) is 3.18. The maximum Gasteiger partial charge on any atom is 0.266 e. The van der Waals surface area contributed by atoms with Gasteiger partial charge in [0.05, 0.1) is 6.20 Å². The number of amides is 1. The zero-order valence-corrected chi connectivity index (χ0v) is 10.4. The van der Waals surface area contributed by atoms with Crippen LogP contribution in [-0.4, -0.2) is 34.0 Å². The monoisotopic (exact) mass is 239 g/mol. The van der Waals surface area contributed by atoms with Crippen LogP contribution in [0.3, 0.4) is 0 Å². The molecule has 16 heavy (non-hydrogen) atoms. The van der Waals surface area contributed by atoms with E-state index in [4.69, 9.17) is 0 Å². The van der Waals surface area contributed by atoms with Crippen LogP contribution < -0.4 is 0 Å². The standard InChI is InChI=1S/C11H17N3OS/c1-14(8-9-5-3-2-4-6-9)11(15)10-7-12-13-16-10/h7,9H,2-6,8H2,1H3. The molecule has 1 aromatic rings. The molecule has 0 N–H and O–H groups in total. The number of rotatable bonds is 3. The molecular weight excluding hydrogens is 222 g/mol. The van der Waals surface area contributed by atoms with E-state index in [9.17, 15) is 4.79 Å². The van der Waals surface area contributed by atoms with Crippen LogP contribution in [0.15, 0.2) is 6.20 Å². The fraction of sp³-hybridized carbons (Fsp3) is 0.727. The van der Waals surface area contributed by atoms with Crippen molar-refractivity contribution in [1.29, 1.82) is 0 Å². The lowest BCUT2D eigenvalue weighted by Gasteiger charge is -2.26. The highest BCUT2D eigenvalue weighted by atomic mass is 32.1. The normalized spacial score (nSPS) is 17.3. The zero-order valence-electron chi connectivity index (χ0n) is 9.56. The minimum absolute atomic E-state index is 0.0561. The number of hydrogen-bond donors (Lipinski definition) is 0. The van der Waals surface area contributed by atoms with Crippen molar-refractivity contribution in [2.45, 2.75) is 32.1 Å². The topological polar surface area (TPSA) is 46.1 Å². The van der Waals surface area contributed by atoms with Gasteiger partial charge in [0.1, 0.15) is 4.88 Å². The quantitative estimate of drug-likeness (QED) is 0.812. The number of nitrogens with zero attached hydrogens (tertiary/aromatic N) is 3. The molecule has 88 valence electrons. The average Bonchev–Trinajstić information content (AvgIpc) is 2.83. The molecule has 0 atom stereocenters. The molecule has 1 fully saturated rings. The first-order valence-electron chi connectivity index (χ1n) is 5.80. The highest BCUT2D eigenvalue weighted by Crippen LogP contribution is 2.24. The number of hydrogen-bond acceptors (Lipinski definition) is 4. The van der Waals surface area contributed by atoms with Gasteiger partial charge in [-0.05, 0) is 30.3 Å². The van der Waals surface area contributed by atoms with Gasteiger partial charge in [-0.3, -0.25) is 4.79 Å². The smallest absolute Gasteiger partial charge is 0.266 e. The van der Waals surface area contributed by atoms with Gasteiger partial charge in [-0.1, -0.05) is 23.8 Å². The fourth-order valence-electron chi connectivity index (χ4n) is 2.29. The summed E-state index contributed by atoms with van der Waals surface area (Å²) >= 11 is 1.17. The summed E-state index contributed by atoms with van der Waals surface area (Å²) in [6, 6.07) is 0. The van der Waals surface area contributed by atoms with Gasteiger partial charge in [-0.2, -0.15) is 0 Å². The summed E-state index contributed by atoms with van der Waals surface area (Å²) in [6.07, 6.45) is 8.05. The average molecular weight is 239 g/mol. The first kappa shape index (κ1) is 11.5. The first-order chi connectivity index (χ1) is 7.77. The molecule has 1 aliphatic rings. The van der Waals surface area contributed by atoms with Gasteiger partial charge in [0.2, 0.25) is 0 Å². The SMILES string of the molecule is CN(CC1CCCCC1)C(=O)c1cnns1. The summed E-state index contributed by atoms with van der Waals surface area (Å²) in [7, 11) is 1.87. The second-order valence-electron chi connectivity index (χ2n) is 4.47. The second-order valence-corrected chi connectivity index (χ2v) is 5.26. The van der Waals surface area contributed by atoms with Crippen LogP contribution >= 0.6 is 11.5 Å². The van der Waals surface area contributed by atoms with Crippen LogP contribution in [0, 0.1) is 5.92 Å². The molecule has 0 bridgehead atoms. The van der Waals surface area contributed by atoms with Crippen molar-refractivity contribution in [3.05, 3.63) is 11.1 Å². The van der Waals surface area contributed by atoms with E-state index in [0.29, 0.717) is 10.8 Å². The molecule has 4 nitrogen and oxygen atoms in total. The summed E-state index contributed by atoms with van der Waals surface area (Å²) in [5, 5.41) is 3.69. The maximum atomic E-state index is 11.9. The first-order valence-corrected chi connectivity index (χ1v) is 6.57. The zero-order chi connectivity index (χ0) is 11.4. The van der Waals surface area contributed by atoms with Crippen molar-refractivity contribution >= 4 is 17.4 Å². The Morgan fingerprint density at radius 1 is 1.50 bits per heavy atom. The molecule has 0 aromatic carbocycles. The molecule has 1 amide bonds.